The lowest BCUT2D eigenvalue weighted by molar-refractivity contribution is -0.116. The summed E-state index contributed by atoms with van der Waals surface area (Å²) >= 11 is 0. The molecule has 0 bridgehead atoms. The van der Waals surface area contributed by atoms with Crippen molar-refractivity contribution in [2.45, 2.75) is 31.6 Å². The number of carbonyl (C=O) groups excluding carboxylic acids is 1. The van der Waals surface area contributed by atoms with Crippen molar-refractivity contribution in [1.29, 1.82) is 0 Å². The predicted molar refractivity (Wildman–Crippen MR) is 123 cm³/mol. The number of hydrogen-bond acceptors (Lipinski definition) is 7. The summed E-state index contributed by atoms with van der Waals surface area (Å²) < 4.78 is 21.8. The highest BCUT2D eigenvalue weighted by atomic mass is 16.5. The number of ether oxygens (including phenoxy) is 3. The number of carbonyl (C=O) groups is 1. The fourth-order valence-electron chi connectivity index (χ4n) is 4.95. The van der Waals surface area contributed by atoms with Crippen LogP contribution in [0.5, 0.6) is 17.2 Å². The van der Waals surface area contributed by atoms with E-state index >= 15 is 0 Å². The number of aryl methyl sites for hydroxylation is 1. The number of rotatable bonds is 5. The van der Waals surface area contributed by atoms with E-state index in [-0.39, 0.29) is 17.6 Å². The van der Waals surface area contributed by atoms with Crippen molar-refractivity contribution < 1.29 is 23.5 Å². The van der Waals surface area contributed by atoms with E-state index < -0.39 is 0 Å². The molecule has 1 aliphatic heterocycles. The van der Waals surface area contributed by atoms with Crippen molar-refractivity contribution in [3.63, 3.8) is 0 Å². The number of Topliss-reactive ketones (excluding diaryl/α,β-unsaturated/α-hetero) is 1. The second-order valence-corrected chi connectivity index (χ2v) is 8.38. The molecule has 3 aromatic rings. The molecule has 0 radical (unpaired) electrons. The molecule has 0 saturated carbocycles. The van der Waals surface area contributed by atoms with Gasteiger partial charge in [0.25, 0.3) is 0 Å². The standard InChI is InChI=1S/C26H26N2O5/c1-14-23-24(16-7-10-21(31-3)22(13-16)32-4)25-19(27-26(23)33-28-14)11-17(12-20(25)29)15-5-8-18(30-2)9-6-15/h5-10,13,17,24,27H,11-12H2,1-4H3/t17-,24-/m0/s1. The average Bonchev–Trinajstić information content (AvgIpc) is 3.22. The maximum Gasteiger partial charge on any atom is 0.233 e. The van der Waals surface area contributed by atoms with E-state index in [0.717, 1.165) is 39.4 Å². The zero-order valence-corrected chi connectivity index (χ0v) is 19.1. The number of hydrogen-bond donors (Lipinski definition) is 1. The Balaban J connectivity index is 1.59. The Morgan fingerprint density at radius 2 is 1.67 bits per heavy atom. The summed E-state index contributed by atoms with van der Waals surface area (Å²) in [5, 5.41) is 7.56. The third-order valence-corrected chi connectivity index (χ3v) is 6.59. The maximum absolute atomic E-state index is 13.6. The van der Waals surface area contributed by atoms with E-state index in [2.05, 4.69) is 10.5 Å². The molecular weight excluding hydrogens is 420 g/mol. The van der Waals surface area contributed by atoms with Gasteiger partial charge in [0.05, 0.1) is 32.6 Å². The summed E-state index contributed by atoms with van der Waals surface area (Å²) in [6.45, 7) is 1.90. The van der Waals surface area contributed by atoms with E-state index in [1.165, 1.54) is 0 Å². The van der Waals surface area contributed by atoms with Crippen molar-refractivity contribution in [3.8, 4) is 17.2 Å². The number of anilines is 1. The Hall–Kier alpha value is -3.74. The summed E-state index contributed by atoms with van der Waals surface area (Å²) in [5.74, 6) is 2.56. The normalized spacial score (nSPS) is 19.5. The summed E-state index contributed by atoms with van der Waals surface area (Å²) in [7, 11) is 4.86. The molecule has 0 saturated heterocycles. The number of ketones is 1. The summed E-state index contributed by atoms with van der Waals surface area (Å²) in [4.78, 5) is 13.6. The van der Waals surface area contributed by atoms with Gasteiger partial charge in [0.15, 0.2) is 17.3 Å². The zero-order valence-electron chi connectivity index (χ0n) is 19.1. The van der Waals surface area contributed by atoms with Gasteiger partial charge in [0.2, 0.25) is 5.88 Å². The van der Waals surface area contributed by atoms with Crippen LogP contribution in [-0.2, 0) is 4.79 Å². The molecule has 33 heavy (non-hydrogen) atoms. The first-order chi connectivity index (χ1) is 16.0. The summed E-state index contributed by atoms with van der Waals surface area (Å²) in [5.41, 5.74) is 5.34. The third kappa shape index (κ3) is 3.53. The lowest BCUT2D eigenvalue weighted by Gasteiger charge is -2.34. The topological polar surface area (TPSA) is 82.8 Å². The smallest absolute Gasteiger partial charge is 0.233 e. The number of aromatic nitrogens is 1. The van der Waals surface area contributed by atoms with Gasteiger partial charge in [-0.1, -0.05) is 23.4 Å². The summed E-state index contributed by atoms with van der Waals surface area (Å²) in [6.07, 6.45) is 1.15. The van der Waals surface area contributed by atoms with E-state index in [1.54, 1.807) is 21.3 Å². The molecule has 1 aliphatic carbocycles. The molecule has 0 amide bonds. The van der Waals surface area contributed by atoms with Gasteiger partial charge >= 0.3 is 0 Å². The summed E-state index contributed by atoms with van der Waals surface area (Å²) in [6, 6.07) is 13.7. The predicted octanol–water partition coefficient (Wildman–Crippen LogP) is 4.97. The van der Waals surface area contributed by atoms with Crippen molar-refractivity contribution >= 4 is 11.7 Å². The molecule has 2 aromatic carbocycles. The first kappa shape index (κ1) is 21.1. The van der Waals surface area contributed by atoms with Crippen LogP contribution < -0.4 is 19.5 Å². The number of methoxy groups -OCH3 is 3. The average molecular weight is 447 g/mol. The molecule has 2 heterocycles. The zero-order chi connectivity index (χ0) is 23.1. The van der Waals surface area contributed by atoms with E-state index in [1.807, 2.05) is 49.4 Å². The number of benzene rings is 2. The Kier molecular flexibility index (Phi) is 5.32. The number of nitrogens with one attached hydrogen (secondary N) is 1. The Bertz CT molecular complexity index is 1240. The van der Waals surface area contributed by atoms with Crippen molar-refractivity contribution in [2.75, 3.05) is 26.6 Å². The largest absolute Gasteiger partial charge is 0.497 e. The second kappa shape index (κ2) is 8.31. The Morgan fingerprint density at radius 1 is 0.939 bits per heavy atom. The highest BCUT2D eigenvalue weighted by Gasteiger charge is 2.41. The molecule has 170 valence electrons. The van der Waals surface area contributed by atoms with Crippen molar-refractivity contribution in [1.82, 2.24) is 5.16 Å². The third-order valence-electron chi connectivity index (χ3n) is 6.59. The minimum absolute atomic E-state index is 0.0753. The monoisotopic (exact) mass is 446 g/mol. The number of fused-ring (bicyclic) bond motifs is 1. The van der Waals surface area contributed by atoms with Gasteiger partial charge in [0, 0.05) is 23.6 Å². The lowest BCUT2D eigenvalue weighted by Crippen LogP contribution is -2.29. The van der Waals surface area contributed by atoms with Gasteiger partial charge in [-0.25, -0.2) is 0 Å². The Morgan fingerprint density at radius 3 is 2.36 bits per heavy atom. The van der Waals surface area contributed by atoms with E-state index in [4.69, 9.17) is 18.7 Å². The molecule has 7 heteroatoms. The van der Waals surface area contributed by atoms with Crippen molar-refractivity contribution in [2.24, 2.45) is 0 Å². The van der Waals surface area contributed by atoms with Crippen LogP contribution in [0.25, 0.3) is 0 Å². The van der Waals surface area contributed by atoms with Gasteiger partial charge in [-0.2, -0.15) is 0 Å². The van der Waals surface area contributed by atoms with Crippen LogP contribution in [0.2, 0.25) is 0 Å². The van der Waals surface area contributed by atoms with Crippen LogP contribution in [0.15, 0.2) is 58.3 Å². The minimum Gasteiger partial charge on any atom is -0.497 e. The maximum atomic E-state index is 13.6. The van der Waals surface area contributed by atoms with Crippen LogP contribution in [0.3, 0.4) is 0 Å². The SMILES string of the molecule is COc1ccc([C@@H]2CC(=O)C3=C(C2)Nc2onc(C)c2[C@@H]3c2ccc(OC)c(OC)c2)cc1. The highest BCUT2D eigenvalue weighted by Crippen LogP contribution is 2.50. The van der Waals surface area contributed by atoms with E-state index in [0.29, 0.717) is 30.2 Å². The van der Waals surface area contributed by atoms with Crippen LogP contribution in [-0.4, -0.2) is 32.3 Å². The molecule has 7 nitrogen and oxygen atoms in total. The van der Waals surface area contributed by atoms with Crippen LogP contribution >= 0.6 is 0 Å². The fraction of sp³-hybridized carbons (Fsp3) is 0.308. The van der Waals surface area contributed by atoms with Crippen LogP contribution in [0.4, 0.5) is 5.88 Å². The second-order valence-electron chi connectivity index (χ2n) is 8.38. The molecule has 1 aromatic heterocycles. The molecule has 2 atom stereocenters. The fourth-order valence-corrected chi connectivity index (χ4v) is 4.95. The van der Waals surface area contributed by atoms with Crippen LogP contribution in [0, 0.1) is 6.92 Å². The Labute approximate surface area is 192 Å². The van der Waals surface area contributed by atoms with Gasteiger partial charge in [-0.3, -0.25) is 4.79 Å². The van der Waals surface area contributed by atoms with Gasteiger partial charge in [0.1, 0.15) is 5.75 Å². The quantitative estimate of drug-likeness (QED) is 0.593. The lowest BCUT2D eigenvalue weighted by atomic mass is 9.72. The highest BCUT2D eigenvalue weighted by molar-refractivity contribution is 6.01. The first-order valence-electron chi connectivity index (χ1n) is 10.9. The number of allylic oxidation sites excluding steroid dienone is 2. The molecule has 5 rings (SSSR count). The molecule has 0 spiro atoms. The number of nitrogens with zero attached hydrogens (tertiary/aromatic N) is 1. The molecule has 0 fully saturated rings. The van der Waals surface area contributed by atoms with Gasteiger partial charge in [-0.15, -0.1) is 0 Å². The van der Waals surface area contributed by atoms with Crippen molar-refractivity contribution in [3.05, 3.63) is 76.1 Å². The molecule has 2 aliphatic rings. The van der Waals surface area contributed by atoms with Gasteiger partial charge < -0.3 is 24.1 Å². The molecular formula is C26H26N2O5. The van der Waals surface area contributed by atoms with E-state index in [9.17, 15) is 4.79 Å². The van der Waals surface area contributed by atoms with Crippen LogP contribution in [0.1, 0.15) is 47.1 Å². The van der Waals surface area contributed by atoms with Gasteiger partial charge in [-0.05, 0) is 54.7 Å². The molecule has 1 N–H and O–H groups in total. The first-order valence-corrected chi connectivity index (χ1v) is 10.9. The minimum atomic E-state index is -0.286. The molecule has 0 unspecified atom stereocenters.